The number of imide groups is 1. The number of amides is 2. The van der Waals surface area contributed by atoms with Gasteiger partial charge in [0.1, 0.15) is 6.61 Å². The fourth-order valence-corrected chi connectivity index (χ4v) is 0.286. The summed E-state index contributed by atoms with van der Waals surface area (Å²) >= 11 is 0. The van der Waals surface area contributed by atoms with Gasteiger partial charge in [0.2, 0.25) is 0 Å². The van der Waals surface area contributed by atoms with Gasteiger partial charge in [-0.25, -0.2) is 4.79 Å². The molecule has 0 aromatic carbocycles. The lowest BCUT2D eigenvalue weighted by molar-refractivity contribution is -0.123. The van der Waals surface area contributed by atoms with Crippen molar-refractivity contribution in [2.24, 2.45) is 0 Å². The Labute approximate surface area is 51.6 Å². The number of ether oxygens (including phenoxy) is 1. The molecule has 0 atom stereocenters. The third-order valence-corrected chi connectivity index (χ3v) is 0.522. The Kier molecular flexibility index (Phi) is 3.38. The molecule has 2 N–H and O–H groups in total. The van der Waals surface area contributed by atoms with Gasteiger partial charge in [-0.1, -0.05) is 0 Å². The van der Waals surface area contributed by atoms with Gasteiger partial charge in [0.25, 0.3) is 5.91 Å². The molecule has 9 heavy (non-hydrogen) atoms. The molecular formula is C4H7NO4. The van der Waals surface area contributed by atoms with Crippen LogP contribution < -0.4 is 5.32 Å². The van der Waals surface area contributed by atoms with Crippen molar-refractivity contribution in [3.8, 4) is 0 Å². The molecule has 0 spiro atoms. The zero-order chi connectivity index (χ0) is 7.28. The highest BCUT2D eigenvalue weighted by molar-refractivity contribution is 5.91. The van der Waals surface area contributed by atoms with E-state index >= 15 is 0 Å². The van der Waals surface area contributed by atoms with E-state index in [2.05, 4.69) is 4.74 Å². The molecule has 0 aliphatic rings. The zero-order valence-electron chi connectivity index (χ0n) is 4.88. The van der Waals surface area contributed by atoms with Gasteiger partial charge in [-0.15, -0.1) is 0 Å². The summed E-state index contributed by atoms with van der Waals surface area (Å²) in [6.07, 6.45) is -1.36. The second-order valence-electron chi connectivity index (χ2n) is 1.29. The molecule has 52 valence electrons. The molecule has 0 aliphatic carbocycles. The molecule has 0 bridgehead atoms. The van der Waals surface area contributed by atoms with E-state index in [0.717, 1.165) is 0 Å². The third-order valence-electron chi connectivity index (χ3n) is 0.522. The maximum atomic E-state index is 10.2. The van der Waals surface area contributed by atoms with Gasteiger partial charge in [0.15, 0.2) is 0 Å². The van der Waals surface area contributed by atoms with Crippen molar-refractivity contribution in [1.29, 1.82) is 0 Å². The summed E-state index contributed by atoms with van der Waals surface area (Å²) < 4.78 is 4.33. The summed E-state index contributed by atoms with van der Waals surface area (Å²) in [7, 11) is 1.31. The van der Waals surface area contributed by atoms with Gasteiger partial charge in [-0.05, 0) is 0 Å². The predicted molar refractivity (Wildman–Crippen MR) is 28.0 cm³/mol. The summed E-state index contributed by atoms with van der Waals surface area (Å²) in [6.45, 7) is -0.230. The molecule has 2 amide bonds. The van der Waals surface area contributed by atoms with Gasteiger partial charge in [-0.2, -0.15) is 0 Å². The lowest BCUT2D eigenvalue weighted by Crippen LogP contribution is -2.31. The molecule has 0 unspecified atom stereocenters. The van der Waals surface area contributed by atoms with Crippen molar-refractivity contribution in [3.05, 3.63) is 0 Å². The molecule has 0 radical (unpaired) electrons. The van der Waals surface area contributed by atoms with Crippen LogP contribution in [-0.4, -0.2) is 30.8 Å². The highest BCUT2D eigenvalue weighted by Gasteiger charge is 2.02. The summed E-state index contributed by atoms with van der Waals surface area (Å²) in [6, 6.07) is 0. The molecule has 0 rings (SSSR count). The van der Waals surface area contributed by atoms with Gasteiger partial charge in [0.05, 0.1) is 0 Å². The van der Waals surface area contributed by atoms with Crippen LogP contribution in [0.5, 0.6) is 0 Å². The van der Waals surface area contributed by atoms with Crippen LogP contribution in [0.2, 0.25) is 0 Å². The lowest BCUT2D eigenvalue weighted by Gasteiger charge is -1.95. The maximum absolute atomic E-state index is 10.2. The molecule has 0 saturated heterocycles. The smallest absolute Gasteiger partial charge is 0.411 e. The normalized spacial score (nSPS) is 8.56. The lowest BCUT2D eigenvalue weighted by atomic mass is 10.6. The average Bonchev–Trinajstić information content (AvgIpc) is 1.63. The van der Waals surface area contributed by atoms with Crippen LogP contribution in [0.1, 0.15) is 0 Å². The summed E-state index contributed by atoms with van der Waals surface area (Å²) in [5, 5.41) is 9.52. The van der Waals surface area contributed by atoms with Crippen molar-refractivity contribution in [2.75, 3.05) is 13.7 Å². The van der Waals surface area contributed by atoms with Crippen molar-refractivity contribution in [1.82, 2.24) is 5.32 Å². The first-order chi connectivity index (χ1) is 4.16. The zero-order valence-corrected chi connectivity index (χ0v) is 4.88. The number of methoxy groups -OCH3 is 1. The molecule has 0 heterocycles. The van der Waals surface area contributed by atoms with Gasteiger partial charge < -0.3 is 9.84 Å². The Morgan fingerprint density at radius 3 is 2.56 bits per heavy atom. The van der Waals surface area contributed by atoms with Crippen LogP contribution in [0, 0.1) is 0 Å². The highest BCUT2D eigenvalue weighted by Crippen LogP contribution is 1.68. The van der Waals surface area contributed by atoms with Crippen LogP contribution in [0.15, 0.2) is 0 Å². The molecule has 0 aromatic rings. The van der Waals surface area contributed by atoms with Crippen LogP contribution in [-0.2, 0) is 9.53 Å². The largest absolute Gasteiger partial charge is 0.465 e. The van der Waals surface area contributed by atoms with E-state index < -0.39 is 12.0 Å². The molecule has 0 aromatic heterocycles. The van der Waals surface area contributed by atoms with E-state index in [9.17, 15) is 9.59 Å². The molecule has 0 saturated carbocycles. The Morgan fingerprint density at radius 1 is 1.67 bits per heavy atom. The number of carbonyl (C=O) groups excluding carboxylic acids is 1. The number of hydrogen-bond donors (Lipinski definition) is 2. The summed E-state index contributed by atoms with van der Waals surface area (Å²) in [5.74, 6) is -0.662. The number of hydrogen-bond acceptors (Lipinski definition) is 3. The van der Waals surface area contributed by atoms with E-state index in [1.54, 1.807) is 5.32 Å². The number of carboxylic acid groups (broad SMARTS) is 1. The van der Waals surface area contributed by atoms with Crippen LogP contribution in [0.4, 0.5) is 4.79 Å². The Balaban J connectivity index is 3.39. The van der Waals surface area contributed by atoms with E-state index in [4.69, 9.17) is 5.11 Å². The first-order valence-corrected chi connectivity index (χ1v) is 2.18. The maximum Gasteiger partial charge on any atom is 0.411 e. The minimum absolute atomic E-state index is 0.230. The Hall–Kier alpha value is -1.10. The molecule has 5 nitrogen and oxygen atoms in total. The second-order valence-corrected chi connectivity index (χ2v) is 1.29. The van der Waals surface area contributed by atoms with Gasteiger partial charge in [0, 0.05) is 7.11 Å². The fraction of sp³-hybridized carbons (Fsp3) is 0.500. The first-order valence-electron chi connectivity index (χ1n) is 2.18. The van der Waals surface area contributed by atoms with E-state index in [1.807, 2.05) is 0 Å². The van der Waals surface area contributed by atoms with Crippen LogP contribution in [0.25, 0.3) is 0 Å². The van der Waals surface area contributed by atoms with Gasteiger partial charge in [-0.3, -0.25) is 10.1 Å². The van der Waals surface area contributed by atoms with E-state index in [0.29, 0.717) is 0 Å². The Bertz CT molecular complexity index is 122. The van der Waals surface area contributed by atoms with Crippen molar-refractivity contribution < 1.29 is 19.4 Å². The molecule has 0 aliphatic heterocycles. The molecule has 0 fully saturated rings. The van der Waals surface area contributed by atoms with E-state index in [1.165, 1.54) is 7.11 Å². The van der Waals surface area contributed by atoms with Crippen LogP contribution in [0.3, 0.4) is 0 Å². The number of nitrogens with one attached hydrogen (secondary N) is 1. The summed E-state index contributed by atoms with van der Waals surface area (Å²) in [4.78, 5) is 19.9. The minimum atomic E-state index is -1.36. The van der Waals surface area contributed by atoms with Crippen molar-refractivity contribution in [2.45, 2.75) is 0 Å². The first kappa shape index (κ1) is 7.90. The molecular weight excluding hydrogens is 126 g/mol. The third kappa shape index (κ3) is 4.76. The number of rotatable bonds is 2. The average molecular weight is 133 g/mol. The standard InChI is InChI=1S/C4H7NO4/c1-9-2-3(6)5-4(7)8/h2H2,1H3,(H,5,6)(H,7,8). The minimum Gasteiger partial charge on any atom is -0.465 e. The highest BCUT2D eigenvalue weighted by atomic mass is 16.5. The Morgan fingerprint density at radius 2 is 2.22 bits per heavy atom. The summed E-state index contributed by atoms with van der Waals surface area (Å²) in [5.41, 5.74) is 0. The topological polar surface area (TPSA) is 75.6 Å². The number of carbonyl (C=O) groups is 2. The predicted octanol–water partition coefficient (Wildman–Crippen LogP) is -0.573. The quantitative estimate of drug-likeness (QED) is 0.528. The molecule has 5 heteroatoms. The fourth-order valence-electron chi connectivity index (χ4n) is 0.286. The van der Waals surface area contributed by atoms with Gasteiger partial charge >= 0.3 is 6.09 Å². The van der Waals surface area contributed by atoms with E-state index in [-0.39, 0.29) is 6.61 Å². The SMILES string of the molecule is COCC(=O)NC(=O)O. The van der Waals surface area contributed by atoms with Crippen LogP contribution >= 0.6 is 0 Å². The van der Waals surface area contributed by atoms with Crippen molar-refractivity contribution >= 4 is 12.0 Å². The monoisotopic (exact) mass is 133 g/mol. The van der Waals surface area contributed by atoms with Crippen molar-refractivity contribution in [3.63, 3.8) is 0 Å². The second kappa shape index (κ2) is 3.85.